The molecule has 0 aliphatic heterocycles. The lowest BCUT2D eigenvalue weighted by atomic mass is 9.79. The van der Waals surface area contributed by atoms with Crippen molar-refractivity contribution in [3.8, 4) is 0 Å². The van der Waals surface area contributed by atoms with Gasteiger partial charge in [-0.1, -0.05) is 12.8 Å². The molecule has 5 heteroatoms. The van der Waals surface area contributed by atoms with Crippen LogP contribution in [0.3, 0.4) is 0 Å². The summed E-state index contributed by atoms with van der Waals surface area (Å²) >= 11 is 0. The van der Waals surface area contributed by atoms with Crippen LogP contribution in [0.5, 0.6) is 0 Å². The zero-order chi connectivity index (χ0) is 13.0. The minimum atomic E-state index is -0.637. The molecule has 100 valence electrons. The van der Waals surface area contributed by atoms with E-state index in [0.717, 1.165) is 44.5 Å². The molecular formula is C13H21N3O2. The van der Waals surface area contributed by atoms with E-state index >= 15 is 0 Å². The number of carbonyl (C=O) groups is 1. The van der Waals surface area contributed by atoms with Gasteiger partial charge in [-0.15, -0.1) is 0 Å². The number of aromatic nitrogens is 2. The molecule has 18 heavy (non-hydrogen) atoms. The average Bonchev–Trinajstić information content (AvgIpc) is 2.76. The van der Waals surface area contributed by atoms with Crippen LogP contribution >= 0.6 is 0 Å². The quantitative estimate of drug-likeness (QED) is 0.830. The number of nitrogens with one attached hydrogen (secondary N) is 1. The number of aryl methyl sites for hydroxylation is 1. The topological polar surface area (TPSA) is 67.2 Å². The normalized spacial score (nSPS) is 24.1. The second kappa shape index (κ2) is 6.00. The Labute approximate surface area is 107 Å². The summed E-state index contributed by atoms with van der Waals surface area (Å²) in [6.07, 6.45) is 7.67. The van der Waals surface area contributed by atoms with E-state index < -0.39 is 5.97 Å². The first-order valence-electron chi connectivity index (χ1n) is 6.57. The number of hydrogen-bond acceptors (Lipinski definition) is 3. The Morgan fingerprint density at radius 3 is 3.00 bits per heavy atom. The molecule has 0 bridgehead atoms. The smallest absolute Gasteiger partial charge is 0.306 e. The van der Waals surface area contributed by atoms with E-state index in [1.54, 1.807) is 6.33 Å². The minimum absolute atomic E-state index is 0.169. The third-order valence-corrected chi connectivity index (χ3v) is 3.86. The molecule has 1 aromatic heterocycles. The van der Waals surface area contributed by atoms with E-state index in [1.165, 1.54) is 0 Å². The Bertz CT molecular complexity index is 403. The highest BCUT2D eigenvalue weighted by Gasteiger charge is 2.30. The van der Waals surface area contributed by atoms with Gasteiger partial charge in [0.05, 0.1) is 17.9 Å². The molecule has 1 heterocycles. The average molecular weight is 251 g/mol. The molecule has 1 aliphatic carbocycles. The highest BCUT2D eigenvalue weighted by molar-refractivity contribution is 5.70. The fraction of sp³-hybridized carbons (Fsp3) is 0.692. The van der Waals surface area contributed by atoms with E-state index in [1.807, 2.05) is 17.8 Å². The van der Waals surface area contributed by atoms with Gasteiger partial charge in [0, 0.05) is 19.8 Å². The molecule has 1 saturated carbocycles. The van der Waals surface area contributed by atoms with Crippen LogP contribution < -0.4 is 5.32 Å². The number of carboxylic acid groups (broad SMARTS) is 1. The molecule has 2 rings (SSSR count). The van der Waals surface area contributed by atoms with E-state index in [4.69, 9.17) is 0 Å². The van der Waals surface area contributed by atoms with Gasteiger partial charge in [0.2, 0.25) is 0 Å². The van der Waals surface area contributed by atoms with Gasteiger partial charge < -0.3 is 15.0 Å². The number of imidazole rings is 1. The number of nitrogens with zero attached hydrogens (tertiary/aromatic N) is 2. The fourth-order valence-electron chi connectivity index (χ4n) is 2.72. The van der Waals surface area contributed by atoms with E-state index in [-0.39, 0.29) is 11.8 Å². The summed E-state index contributed by atoms with van der Waals surface area (Å²) in [7, 11) is 1.96. The van der Waals surface area contributed by atoms with Gasteiger partial charge in [0.15, 0.2) is 0 Å². The Balaban J connectivity index is 1.81. The third kappa shape index (κ3) is 3.10. The van der Waals surface area contributed by atoms with Crippen LogP contribution in [0.2, 0.25) is 0 Å². The highest BCUT2D eigenvalue weighted by Crippen LogP contribution is 2.29. The minimum Gasteiger partial charge on any atom is -0.481 e. The monoisotopic (exact) mass is 251 g/mol. The maximum Gasteiger partial charge on any atom is 0.306 e. The summed E-state index contributed by atoms with van der Waals surface area (Å²) in [5, 5.41) is 12.6. The second-order valence-electron chi connectivity index (χ2n) is 5.12. The summed E-state index contributed by atoms with van der Waals surface area (Å²) in [5.74, 6) is -0.538. The lowest BCUT2D eigenvalue weighted by Crippen LogP contribution is -2.34. The Morgan fingerprint density at radius 1 is 1.56 bits per heavy atom. The second-order valence-corrected chi connectivity index (χ2v) is 5.12. The molecule has 2 N–H and O–H groups in total. The van der Waals surface area contributed by atoms with Gasteiger partial charge in [-0.2, -0.15) is 0 Å². The van der Waals surface area contributed by atoms with Crippen LogP contribution in [0.15, 0.2) is 12.5 Å². The molecule has 5 nitrogen and oxygen atoms in total. The van der Waals surface area contributed by atoms with E-state index in [9.17, 15) is 9.90 Å². The Hall–Kier alpha value is -1.36. The van der Waals surface area contributed by atoms with Gasteiger partial charge in [-0.3, -0.25) is 4.79 Å². The van der Waals surface area contributed by atoms with Crippen molar-refractivity contribution < 1.29 is 9.90 Å². The zero-order valence-corrected chi connectivity index (χ0v) is 10.8. The lowest BCUT2D eigenvalue weighted by Gasteiger charge is -2.28. The number of carboxylic acids is 1. The van der Waals surface area contributed by atoms with Gasteiger partial charge in [0.1, 0.15) is 0 Å². The predicted molar refractivity (Wildman–Crippen MR) is 68.0 cm³/mol. The van der Waals surface area contributed by atoms with Crippen molar-refractivity contribution in [3.05, 3.63) is 18.2 Å². The van der Waals surface area contributed by atoms with Crippen LogP contribution in [-0.2, 0) is 18.4 Å². The van der Waals surface area contributed by atoms with Crippen LogP contribution in [0.4, 0.5) is 0 Å². The fourth-order valence-corrected chi connectivity index (χ4v) is 2.72. The molecule has 1 fully saturated rings. The number of rotatable bonds is 5. The molecule has 0 saturated heterocycles. The maximum atomic E-state index is 11.2. The van der Waals surface area contributed by atoms with Gasteiger partial charge >= 0.3 is 5.97 Å². The van der Waals surface area contributed by atoms with E-state index in [2.05, 4.69) is 10.3 Å². The molecule has 2 atom stereocenters. The first kappa shape index (κ1) is 13.1. The Kier molecular flexibility index (Phi) is 4.36. The maximum absolute atomic E-state index is 11.2. The highest BCUT2D eigenvalue weighted by atomic mass is 16.4. The standard InChI is InChI=1S/C13H21N3O2/c1-16-9-15-8-11(16)7-14-6-10-4-2-3-5-12(10)13(17)18/h8-10,12,14H,2-7H2,1H3,(H,17,18). The first-order chi connectivity index (χ1) is 8.68. The van der Waals surface area contributed by atoms with Gasteiger partial charge in [-0.05, 0) is 25.3 Å². The lowest BCUT2D eigenvalue weighted by molar-refractivity contribution is -0.144. The van der Waals surface area contributed by atoms with Gasteiger partial charge in [-0.25, -0.2) is 4.98 Å². The summed E-state index contributed by atoms with van der Waals surface area (Å²) in [6.45, 7) is 1.53. The summed E-state index contributed by atoms with van der Waals surface area (Å²) in [4.78, 5) is 15.2. The molecule has 1 aromatic rings. The van der Waals surface area contributed by atoms with Crippen molar-refractivity contribution in [1.82, 2.24) is 14.9 Å². The van der Waals surface area contributed by atoms with E-state index in [0.29, 0.717) is 0 Å². The molecule has 0 spiro atoms. The third-order valence-electron chi connectivity index (χ3n) is 3.86. The zero-order valence-electron chi connectivity index (χ0n) is 10.8. The number of hydrogen-bond donors (Lipinski definition) is 2. The van der Waals surface area contributed by atoms with Crippen molar-refractivity contribution in [1.29, 1.82) is 0 Å². The number of aliphatic carboxylic acids is 1. The van der Waals surface area contributed by atoms with Crippen molar-refractivity contribution in [2.24, 2.45) is 18.9 Å². The predicted octanol–water partition coefficient (Wildman–Crippen LogP) is 1.40. The van der Waals surface area contributed by atoms with Crippen LogP contribution in [0, 0.1) is 11.8 Å². The van der Waals surface area contributed by atoms with Crippen molar-refractivity contribution >= 4 is 5.97 Å². The molecule has 1 aliphatic rings. The van der Waals surface area contributed by atoms with Crippen molar-refractivity contribution in [2.75, 3.05) is 6.54 Å². The molecule has 0 amide bonds. The van der Waals surface area contributed by atoms with Gasteiger partial charge in [0.25, 0.3) is 0 Å². The molecule has 0 aromatic carbocycles. The summed E-state index contributed by atoms with van der Waals surface area (Å²) in [5.41, 5.74) is 1.12. The molecule has 0 radical (unpaired) electrons. The molecular weight excluding hydrogens is 230 g/mol. The van der Waals surface area contributed by atoms with Crippen molar-refractivity contribution in [3.63, 3.8) is 0 Å². The first-order valence-corrected chi connectivity index (χ1v) is 6.57. The Morgan fingerprint density at radius 2 is 2.33 bits per heavy atom. The molecule has 2 unspecified atom stereocenters. The van der Waals surface area contributed by atoms with Crippen molar-refractivity contribution in [2.45, 2.75) is 32.2 Å². The van der Waals surface area contributed by atoms with Crippen LogP contribution in [0.1, 0.15) is 31.4 Å². The SMILES string of the molecule is Cn1cncc1CNCC1CCCCC1C(=O)O. The van der Waals surface area contributed by atoms with Crippen LogP contribution in [0.25, 0.3) is 0 Å². The summed E-state index contributed by atoms with van der Waals surface area (Å²) < 4.78 is 1.97. The van der Waals surface area contributed by atoms with Crippen LogP contribution in [-0.4, -0.2) is 27.2 Å². The largest absolute Gasteiger partial charge is 0.481 e. The summed E-state index contributed by atoms with van der Waals surface area (Å²) in [6, 6.07) is 0.